The second-order valence-electron chi connectivity index (χ2n) is 3.71. The van der Waals surface area contributed by atoms with Crippen LogP contribution in [0.2, 0.25) is 5.15 Å². The number of hydrogen-bond acceptors (Lipinski definition) is 5. The fourth-order valence-electron chi connectivity index (χ4n) is 1.37. The largest absolute Gasteiger partial charge is 0.368 e. The Balaban J connectivity index is 3.22. The van der Waals surface area contributed by atoms with Crippen LogP contribution in [-0.4, -0.2) is 34.7 Å². The number of nitrogens with zero attached hydrogens (tertiary/aromatic N) is 3. The van der Waals surface area contributed by atoms with E-state index in [0.717, 1.165) is 0 Å². The zero-order valence-electron chi connectivity index (χ0n) is 9.55. The predicted octanol–water partition coefficient (Wildman–Crippen LogP) is 0.643. The number of rotatable bonds is 5. The molecule has 0 saturated carbocycles. The number of hydrogen-bond donors (Lipinski definition) is 1. The molecule has 0 saturated heterocycles. The molecule has 92 valence electrons. The Bertz CT molecular complexity index is 436. The van der Waals surface area contributed by atoms with Crippen molar-refractivity contribution < 1.29 is 9.59 Å². The van der Waals surface area contributed by atoms with Gasteiger partial charge in [-0.25, -0.2) is 9.97 Å². The maximum Gasteiger partial charge on any atom is 0.237 e. The Hall–Kier alpha value is -1.69. The Morgan fingerprint density at radius 1 is 1.59 bits per heavy atom. The van der Waals surface area contributed by atoms with Gasteiger partial charge in [0.05, 0.1) is 12.1 Å². The van der Waals surface area contributed by atoms with Crippen molar-refractivity contribution in [2.24, 2.45) is 5.73 Å². The lowest BCUT2D eigenvalue weighted by Crippen LogP contribution is -2.39. The zero-order valence-corrected chi connectivity index (χ0v) is 10.3. The Labute approximate surface area is 104 Å². The first-order valence-corrected chi connectivity index (χ1v) is 5.35. The van der Waals surface area contributed by atoms with E-state index in [1.54, 1.807) is 4.90 Å². The summed E-state index contributed by atoms with van der Waals surface area (Å²) in [7, 11) is 0. The third-order valence-electron chi connectivity index (χ3n) is 2.15. The third-order valence-corrected chi connectivity index (χ3v) is 2.45. The first kappa shape index (κ1) is 13.4. The van der Waals surface area contributed by atoms with Crippen LogP contribution < -0.4 is 10.6 Å². The second kappa shape index (κ2) is 5.58. The molecule has 1 aromatic heterocycles. The van der Waals surface area contributed by atoms with E-state index in [0.29, 0.717) is 12.1 Å². The lowest BCUT2D eigenvalue weighted by Gasteiger charge is -2.27. The molecular formula is C10H13ClN4O2. The van der Waals surface area contributed by atoms with Crippen molar-refractivity contribution in [1.29, 1.82) is 0 Å². The molecule has 0 aromatic carbocycles. The van der Waals surface area contributed by atoms with Gasteiger partial charge in [-0.05, 0) is 13.8 Å². The van der Waals surface area contributed by atoms with E-state index in [-0.39, 0.29) is 23.3 Å². The molecule has 0 unspecified atom stereocenters. The molecule has 1 heterocycles. The highest BCUT2D eigenvalue weighted by molar-refractivity contribution is 6.32. The van der Waals surface area contributed by atoms with Crippen LogP contribution in [0.5, 0.6) is 0 Å². The van der Waals surface area contributed by atoms with Crippen molar-refractivity contribution in [1.82, 2.24) is 9.97 Å². The molecule has 6 nitrogen and oxygen atoms in total. The van der Waals surface area contributed by atoms with E-state index >= 15 is 0 Å². The maximum absolute atomic E-state index is 11.0. The van der Waals surface area contributed by atoms with Crippen molar-refractivity contribution in [3.63, 3.8) is 0 Å². The lowest BCUT2D eigenvalue weighted by atomic mass is 10.2. The number of anilines is 1. The highest BCUT2D eigenvalue weighted by Crippen LogP contribution is 2.22. The van der Waals surface area contributed by atoms with E-state index < -0.39 is 5.91 Å². The van der Waals surface area contributed by atoms with Crippen LogP contribution in [0.25, 0.3) is 0 Å². The smallest absolute Gasteiger partial charge is 0.237 e. The maximum atomic E-state index is 11.0. The van der Waals surface area contributed by atoms with E-state index in [1.165, 1.54) is 6.33 Å². The summed E-state index contributed by atoms with van der Waals surface area (Å²) in [5.41, 5.74) is 5.31. The topological polar surface area (TPSA) is 89.2 Å². The Morgan fingerprint density at radius 2 is 2.24 bits per heavy atom. The molecule has 1 amide bonds. The molecule has 0 spiro atoms. The fourth-order valence-corrected chi connectivity index (χ4v) is 1.54. The van der Waals surface area contributed by atoms with Crippen molar-refractivity contribution in [3.8, 4) is 0 Å². The number of carbonyl (C=O) groups is 2. The van der Waals surface area contributed by atoms with E-state index in [9.17, 15) is 9.59 Å². The minimum atomic E-state index is -0.509. The van der Waals surface area contributed by atoms with Gasteiger partial charge in [0.2, 0.25) is 5.91 Å². The van der Waals surface area contributed by atoms with Crippen LogP contribution in [0.15, 0.2) is 6.33 Å². The summed E-state index contributed by atoms with van der Waals surface area (Å²) in [6.45, 7) is 3.67. The summed E-state index contributed by atoms with van der Waals surface area (Å²) in [4.78, 5) is 31.2. The van der Waals surface area contributed by atoms with Gasteiger partial charge in [-0.15, -0.1) is 0 Å². The van der Waals surface area contributed by atoms with Crippen LogP contribution >= 0.6 is 11.6 Å². The highest BCUT2D eigenvalue weighted by Gasteiger charge is 2.20. The average Bonchev–Trinajstić information content (AvgIpc) is 2.25. The number of nitrogens with two attached hydrogens (primary N) is 1. The molecule has 0 aliphatic heterocycles. The van der Waals surface area contributed by atoms with Gasteiger partial charge in [0, 0.05) is 6.04 Å². The van der Waals surface area contributed by atoms with Crippen molar-refractivity contribution in [2.75, 3.05) is 11.4 Å². The van der Waals surface area contributed by atoms with Gasteiger partial charge in [0.25, 0.3) is 0 Å². The van der Waals surface area contributed by atoms with E-state index in [4.69, 9.17) is 17.3 Å². The van der Waals surface area contributed by atoms with Gasteiger partial charge in [-0.2, -0.15) is 0 Å². The average molecular weight is 257 g/mol. The molecule has 1 rings (SSSR count). The van der Waals surface area contributed by atoms with Gasteiger partial charge >= 0.3 is 0 Å². The van der Waals surface area contributed by atoms with Crippen molar-refractivity contribution in [3.05, 3.63) is 17.0 Å². The number of carbonyl (C=O) groups excluding carboxylic acids is 2. The normalized spacial score (nSPS) is 10.4. The molecule has 0 bridgehead atoms. The van der Waals surface area contributed by atoms with Crippen LogP contribution in [0.4, 0.5) is 5.82 Å². The molecule has 1 aromatic rings. The van der Waals surface area contributed by atoms with E-state index in [1.807, 2.05) is 13.8 Å². The summed E-state index contributed by atoms with van der Waals surface area (Å²) in [6.07, 6.45) is 1.80. The van der Waals surface area contributed by atoms with Gasteiger partial charge in [0.15, 0.2) is 6.29 Å². The van der Waals surface area contributed by atoms with Crippen molar-refractivity contribution in [2.45, 2.75) is 19.9 Å². The molecule has 0 aliphatic carbocycles. The number of aldehydes is 1. The van der Waals surface area contributed by atoms with E-state index in [2.05, 4.69) is 9.97 Å². The van der Waals surface area contributed by atoms with Crippen LogP contribution in [0.3, 0.4) is 0 Å². The molecule has 0 atom stereocenters. The van der Waals surface area contributed by atoms with Crippen LogP contribution in [-0.2, 0) is 4.79 Å². The molecule has 0 radical (unpaired) electrons. The predicted molar refractivity (Wildman–Crippen MR) is 64.1 cm³/mol. The monoisotopic (exact) mass is 256 g/mol. The first-order valence-electron chi connectivity index (χ1n) is 4.98. The van der Waals surface area contributed by atoms with Crippen LogP contribution in [0.1, 0.15) is 24.2 Å². The summed E-state index contributed by atoms with van der Waals surface area (Å²) in [5.74, 6) is -0.195. The minimum absolute atomic E-state index is 0.0359. The minimum Gasteiger partial charge on any atom is -0.368 e. The SMILES string of the molecule is CC(C)N(CC(N)=O)c1ncnc(Cl)c1C=O. The second-order valence-corrected chi connectivity index (χ2v) is 4.07. The van der Waals surface area contributed by atoms with Gasteiger partial charge in [-0.3, -0.25) is 9.59 Å². The number of halogens is 1. The standard InChI is InChI=1S/C10H13ClN4O2/c1-6(2)15(3-8(12)17)10-7(4-16)9(11)13-5-14-10/h4-6H,3H2,1-2H3,(H2,12,17). The number of aromatic nitrogens is 2. The van der Waals surface area contributed by atoms with Gasteiger partial charge < -0.3 is 10.6 Å². The summed E-state index contributed by atoms with van der Waals surface area (Å²) < 4.78 is 0. The quantitative estimate of drug-likeness (QED) is 0.617. The first-order chi connectivity index (χ1) is 7.97. The van der Waals surface area contributed by atoms with Crippen molar-refractivity contribution >= 4 is 29.6 Å². The zero-order chi connectivity index (χ0) is 13.0. The summed E-state index contributed by atoms with van der Waals surface area (Å²) >= 11 is 5.79. The molecular weight excluding hydrogens is 244 g/mol. The number of primary amides is 1. The van der Waals surface area contributed by atoms with Crippen LogP contribution in [0, 0.1) is 0 Å². The Morgan fingerprint density at radius 3 is 2.71 bits per heavy atom. The molecule has 7 heteroatoms. The lowest BCUT2D eigenvalue weighted by molar-refractivity contribution is -0.116. The Kier molecular flexibility index (Phi) is 4.39. The molecule has 2 N–H and O–H groups in total. The summed E-state index contributed by atoms with van der Waals surface area (Å²) in [5, 5.41) is 0.0557. The fraction of sp³-hybridized carbons (Fsp3) is 0.400. The highest BCUT2D eigenvalue weighted by atomic mass is 35.5. The molecule has 17 heavy (non-hydrogen) atoms. The van der Waals surface area contributed by atoms with Gasteiger partial charge in [0.1, 0.15) is 17.3 Å². The van der Waals surface area contributed by atoms with Gasteiger partial charge in [-0.1, -0.05) is 11.6 Å². The third kappa shape index (κ3) is 3.13. The number of amides is 1. The molecule has 0 aliphatic rings. The molecule has 0 fully saturated rings. The summed E-state index contributed by atoms with van der Waals surface area (Å²) in [6, 6.07) is -0.0489.